The molecule has 0 unspecified atom stereocenters. The van der Waals surface area contributed by atoms with Gasteiger partial charge in [0, 0.05) is 12.1 Å². The molecule has 0 spiro atoms. The molecular formula is C25H24FNO. The van der Waals surface area contributed by atoms with E-state index in [2.05, 4.69) is 6.07 Å². The molecule has 0 N–H and O–H groups in total. The minimum Gasteiger partial charge on any atom is -0.331 e. The van der Waals surface area contributed by atoms with E-state index in [1.54, 1.807) is 12.1 Å². The number of carbonyl (C=O) groups is 1. The standard InChI is InChI=1S/C25H24FNO/c1-2-20(18-10-4-3-5-11-18)25(28)27-17-16-19-12-6-7-13-21(19)24(27)22-14-8-9-15-23(22)26/h3-15,20,24H,2,16-17H2,1H3/t20-,24-/m0/s1. The third-order valence-corrected chi connectivity index (χ3v) is 5.67. The Hall–Kier alpha value is -2.94. The fourth-order valence-electron chi connectivity index (χ4n) is 4.27. The maximum atomic E-state index is 14.8. The summed E-state index contributed by atoms with van der Waals surface area (Å²) < 4.78 is 14.8. The van der Waals surface area contributed by atoms with Crippen molar-refractivity contribution in [3.05, 3.63) is 107 Å². The van der Waals surface area contributed by atoms with Crippen molar-refractivity contribution < 1.29 is 9.18 Å². The van der Waals surface area contributed by atoms with Crippen LogP contribution in [0.4, 0.5) is 4.39 Å². The lowest BCUT2D eigenvalue weighted by Crippen LogP contribution is -2.43. The van der Waals surface area contributed by atoms with E-state index < -0.39 is 6.04 Å². The van der Waals surface area contributed by atoms with E-state index in [0.717, 1.165) is 17.5 Å². The minimum absolute atomic E-state index is 0.0662. The summed E-state index contributed by atoms with van der Waals surface area (Å²) in [5, 5.41) is 0. The molecule has 142 valence electrons. The number of amides is 1. The highest BCUT2D eigenvalue weighted by molar-refractivity contribution is 5.85. The molecule has 0 aromatic heterocycles. The Labute approximate surface area is 165 Å². The van der Waals surface area contributed by atoms with E-state index in [1.165, 1.54) is 11.6 Å². The van der Waals surface area contributed by atoms with E-state index >= 15 is 0 Å². The van der Waals surface area contributed by atoms with E-state index in [4.69, 9.17) is 0 Å². The number of carbonyl (C=O) groups excluding carboxylic acids is 1. The smallest absolute Gasteiger partial charge is 0.230 e. The van der Waals surface area contributed by atoms with Crippen molar-refractivity contribution in [3.8, 4) is 0 Å². The van der Waals surface area contributed by atoms with Gasteiger partial charge in [0.05, 0.1) is 12.0 Å². The third kappa shape index (κ3) is 3.33. The Morgan fingerprint density at radius 1 is 0.964 bits per heavy atom. The summed E-state index contributed by atoms with van der Waals surface area (Å²) in [6, 6.07) is 24.4. The highest BCUT2D eigenvalue weighted by atomic mass is 19.1. The molecule has 1 aliphatic rings. The van der Waals surface area contributed by atoms with E-state index in [9.17, 15) is 9.18 Å². The predicted octanol–water partition coefficient (Wildman–Crippen LogP) is 5.49. The molecule has 3 aromatic carbocycles. The van der Waals surface area contributed by atoms with Crippen LogP contribution < -0.4 is 0 Å². The Morgan fingerprint density at radius 3 is 2.32 bits per heavy atom. The normalized spacial score (nSPS) is 17.1. The first-order chi connectivity index (χ1) is 13.7. The average molecular weight is 373 g/mol. The second-order valence-electron chi connectivity index (χ2n) is 7.28. The van der Waals surface area contributed by atoms with Crippen molar-refractivity contribution >= 4 is 5.91 Å². The largest absolute Gasteiger partial charge is 0.331 e. The van der Waals surface area contributed by atoms with Gasteiger partial charge >= 0.3 is 0 Å². The quantitative estimate of drug-likeness (QED) is 0.592. The molecule has 0 bridgehead atoms. The molecule has 0 radical (unpaired) electrons. The number of rotatable bonds is 4. The summed E-state index contributed by atoms with van der Waals surface area (Å²) in [6.07, 6.45) is 1.50. The zero-order valence-electron chi connectivity index (χ0n) is 16.0. The summed E-state index contributed by atoms with van der Waals surface area (Å²) in [5.41, 5.74) is 3.79. The second-order valence-corrected chi connectivity index (χ2v) is 7.28. The maximum Gasteiger partial charge on any atom is 0.230 e. The molecule has 1 heterocycles. The molecule has 0 aliphatic carbocycles. The van der Waals surface area contributed by atoms with Gasteiger partial charge in [-0.1, -0.05) is 79.7 Å². The third-order valence-electron chi connectivity index (χ3n) is 5.67. The molecule has 0 saturated heterocycles. The van der Waals surface area contributed by atoms with Crippen molar-refractivity contribution in [3.63, 3.8) is 0 Å². The number of halogens is 1. The van der Waals surface area contributed by atoms with Crippen LogP contribution in [-0.4, -0.2) is 17.4 Å². The predicted molar refractivity (Wildman–Crippen MR) is 110 cm³/mol. The molecule has 1 aliphatic heterocycles. The zero-order chi connectivity index (χ0) is 19.5. The van der Waals surface area contributed by atoms with Crippen LogP contribution in [0.1, 0.15) is 47.6 Å². The minimum atomic E-state index is -0.392. The van der Waals surface area contributed by atoms with Crippen molar-refractivity contribution in [1.82, 2.24) is 4.90 Å². The van der Waals surface area contributed by atoms with Gasteiger partial charge in [0.15, 0.2) is 0 Å². The Bertz CT molecular complexity index is 969. The van der Waals surface area contributed by atoms with E-state index in [1.807, 2.05) is 66.4 Å². The molecule has 3 heteroatoms. The van der Waals surface area contributed by atoms with Gasteiger partial charge in [-0.2, -0.15) is 0 Å². The first kappa shape index (κ1) is 18.4. The average Bonchev–Trinajstić information content (AvgIpc) is 2.74. The van der Waals surface area contributed by atoms with Gasteiger partial charge in [-0.25, -0.2) is 4.39 Å². The van der Waals surface area contributed by atoms with Gasteiger partial charge in [0.25, 0.3) is 0 Å². The van der Waals surface area contributed by atoms with E-state index in [0.29, 0.717) is 18.5 Å². The number of hydrogen-bond acceptors (Lipinski definition) is 1. The fourth-order valence-corrected chi connectivity index (χ4v) is 4.27. The first-order valence-corrected chi connectivity index (χ1v) is 9.88. The molecule has 4 rings (SSSR count). The Kier molecular flexibility index (Phi) is 5.25. The van der Waals surface area contributed by atoms with Crippen LogP contribution in [0, 0.1) is 5.82 Å². The number of fused-ring (bicyclic) bond motifs is 1. The highest BCUT2D eigenvalue weighted by Crippen LogP contribution is 2.38. The van der Waals surface area contributed by atoms with Gasteiger partial charge in [-0.05, 0) is 35.6 Å². The lowest BCUT2D eigenvalue weighted by atomic mass is 9.86. The van der Waals surface area contributed by atoms with Crippen molar-refractivity contribution in [2.45, 2.75) is 31.7 Å². The highest BCUT2D eigenvalue weighted by Gasteiger charge is 2.36. The molecule has 0 saturated carbocycles. The zero-order valence-corrected chi connectivity index (χ0v) is 16.0. The molecule has 3 aromatic rings. The van der Waals surface area contributed by atoms with Gasteiger partial charge in [0.1, 0.15) is 5.82 Å². The Balaban J connectivity index is 1.79. The topological polar surface area (TPSA) is 20.3 Å². The molecule has 1 amide bonds. The van der Waals surface area contributed by atoms with Gasteiger partial charge in [-0.15, -0.1) is 0 Å². The van der Waals surface area contributed by atoms with Crippen LogP contribution in [0.2, 0.25) is 0 Å². The summed E-state index contributed by atoms with van der Waals surface area (Å²) >= 11 is 0. The molecule has 2 atom stereocenters. The summed E-state index contributed by atoms with van der Waals surface area (Å²) in [4.78, 5) is 15.5. The maximum absolute atomic E-state index is 14.8. The molecule has 0 fully saturated rings. The molecular weight excluding hydrogens is 349 g/mol. The first-order valence-electron chi connectivity index (χ1n) is 9.88. The van der Waals surface area contributed by atoms with Crippen LogP contribution >= 0.6 is 0 Å². The SMILES string of the molecule is CC[C@H](C(=O)N1CCc2ccccc2[C@H]1c1ccccc1F)c1ccccc1. The number of benzene rings is 3. The van der Waals surface area contributed by atoms with Crippen LogP contribution in [0.25, 0.3) is 0 Å². The van der Waals surface area contributed by atoms with Gasteiger partial charge < -0.3 is 4.90 Å². The van der Waals surface area contributed by atoms with Gasteiger partial charge in [0.2, 0.25) is 5.91 Å². The summed E-state index contributed by atoms with van der Waals surface area (Å²) in [5.74, 6) is -0.424. The van der Waals surface area contributed by atoms with Crippen LogP contribution in [0.5, 0.6) is 0 Å². The lowest BCUT2D eigenvalue weighted by molar-refractivity contribution is -0.135. The Morgan fingerprint density at radius 2 is 1.61 bits per heavy atom. The number of nitrogens with zero attached hydrogens (tertiary/aromatic N) is 1. The van der Waals surface area contributed by atoms with Crippen LogP contribution in [0.3, 0.4) is 0 Å². The van der Waals surface area contributed by atoms with Crippen molar-refractivity contribution in [2.75, 3.05) is 6.54 Å². The van der Waals surface area contributed by atoms with Crippen LogP contribution in [0.15, 0.2) is 78.9 Å². The fraction of sp³-hybridized carbons (Fsp3) is 0.240. The lowest BCUT2D eigenvalue weighted by Gasteiger charge is -2.39. The summed E-state index contributed by atoms with van der Waals surface area (Å²) in [7, 11) is 0. The second kappa shape index (κ2) is 7.97. The van der Waals surface area contributed by atoms with Gasteiger partial charge in [-0.3, -0.25) is 4.79 Å². The molecule has 2 nitrogen and oxygen atoms in total. The van der Waals surface area contributed by atoms with Crippen LogP contribution in [-0.2, 0) is 11.2 Å². The summed E-state index contributed by atoms with van der Waals surface area (Å²) in [6.45, 7) is 2.63. The number of hydrogen-bond donors (Lipinski definition) is 0. The van der Waals surface area contributed by atoms with Crippen molar-refractivity contribution in [2.24, 2.45) is 0 Å². The molecule has 28 heavy (non-hydrogen) atoms. The monoisotopic (exact) mass is 373 g/mol. The van der Waals surface area contributed by atoms with E-state index in [-0.39, 0.29) is 17.6 Å². The van der Waals surface area contributed by atoms with Crippen molar-refractivity contribution in [1.29, 1.82) is 0 Å².